The van der Waals surface area contributed by atoms with E-state index in [1.165, 1.54) is 0 Å². The van der Waals surface area contributed by atoms with Gasteiger partial charge in [-0.05, 0) is 49.1 Å². The number of anilines is 2. The number of hydrogen-bond donors (Lipinski definition) is 2. The smallest absolute Gasteiger partial charge is 0.228 e. The lowest BCUT2D eigenvalue weighted by Gasteiger charge is -2.08. The van der Waals surface area contributed by atoms with Gasteiger partial charge in [0.15, 0.2) is 5.82 Å². The predicted molar refractivity (Wildman–Crippen MR) is 92.0 cm³/mol. The van der Waals surface area contributed by atoms with Crippen LogP contribution in [-0.2, 0) is 11.2 Å². The highest BCUT2D eigenvalue weighted by Gasteiger charge is 2.29. The number of halogens is 2. The Hall–Kier alpha value is -1.85. The van der Waals surface area contributed by atoms with Crippen molar-refractivity contribution in [2.24, 2.45) is 5.92 Å². The van der Waals surface area contributed by atoms with E-state index in [9.17, 15) is 4.79 Å². The maximum Gasteiger partial charge on any atom is 0.228 e. The number of carbonyl (C=O) groups is 1. The first kappa shape index (κ1) is 16.0. The first-order valence-corrected chi connectivity index (χ1v) is 8.20. The average Bonchev–Trinajstić information content (AvgIpc) is 3.36. The molecule has 0 spiro atoms. The second-order valence-corrected chi connectivity index (χ2v) is 6.32. The summed E-state index contributed by atoms with van der Waals surface area (Å²) in [6.45, 7) is 0.670. The Morgan fingerprint density at radius 2 is 1.87 bits per heavy atom. The highest BCUT2D eigenvalue weighted by atomic mass is 35.5. The summed E-state index contributed by atoms with van der Waals surface area (Å²) in [7, 11) is 0. The van der Waals surface area contributed by atoms with Gasteiger partial charge >= 0.3 is 0 Å². The van der Waals surface area contributed by atoms with Crippen LogP contribution in [0.2, 0.25) is 10.0 Å². The molecule has 1 aliphatic rings. The van der Waals surface area contributed by atoms with Crippen LogP contribution in [0.15, 0.2) is 30.3 Å². The van der Waals surface area contributed by atoms with Gasteiger partial charge in [-0.2, -0.15) is 0 Å². The van der Waals surface area contributed by atoms with E-state index in [0.717, 1.165) is 24.8 Å². The first-order valence-electron chi connectivity index (χ1n) is 7.44. The SMILES string of the molecule is O=C(Nc1ccc(NCCc2ccc(Cl)cc2Cl)nn1)C1CC1. The maximum absolute atomic E-state index is 11.6. The van der Waals surface area contributed by atoms with E-state index in [1.807, 2.05) is 12.1 Å². The molecule has 0 radical (unpaired) electrons. The number of rotatable bonds is 6. The summed E-state index contributed by atoms with van der Waals surface area (Å²) in [5.74, 6) is 1.31. The third kappa shape index (κ3) is 4.56. The molecule has 0 aliphatic heterocycles. The van der Waals surface area contributed by atoms with Crippen molar-refractivity contribution in [3.63, 3.8) is 0 Å². The van der Waals surface area contributed by atoms with Crippen molar-refractivity contribution >= 4 is 40.7 Å². The largest absolute Gasteiger partial charge is 0.368 e. The molecule has 3 rings (SSSR count). The molecule has 0 bridgehead atoms. The zero-order valence-corrected chi connectivity index (χ0v) is 13.9. The molecule has 0 unspecified atom stereocenters. The minimum atomic E-state index is 0.0254. The highest BCUT2D eigenvalue weighted by molar-refractivity contribution is 6.35. The number of benzene rings is 1. The van der Waals surface area contributed by atoms with Gasteiger partial charge in [-0.1, -0.05) is 29.3 Å². The van der Waals surface area contributed by atoms with Crippen molar-refractivity contribution in [3.8, 4) is 0 Å². The molecule has 120 valence electrons. The fraction of sp³-hybridized carbons (Fsp3) is 0.312. The maximum atomic E-state index is 11.6. The Bertz CT molecular complexity index is 702. The van der Waals surface area contributed by atoms with E-state index in [2.05, 4.69) is 20.8 Å². The van der Waals surface area contributed by atoms with Gasteiger partial charge < -0.3 is 10.6 Å². The Morgan fingerprint density at radius 3 is 2.52 bits per heavy atom. The van der Waals surface area contributed by atoms with Gasteiger partial charge in [0, 0.05) is 22.5 Å². The van der Waals surface area contributed by atoms with Crippen molar-refractivity contribution in [2.45, 2.75) is 19.3 Å². The lowest BCUT2D eigenvalue weighted by molar-refractivity contribution is -0.117. The summed E-state index contributed by atoms with van der Waals surface area (Å²) < 4.78 is 0. The molecule has 1 aliphatic carbocycles. The molecular weight excluding hydrogens is 335 g/mol. The molecule has 1 saturated carbocycles. The number of nitrogens with zero attached hydrogens (tertiary/aromatic N) is 2. The molecule has 1 aromatic carbocycles. The van der Waals surface area contributed by atoms with Crippen LogP contribution >= 0.6 is 23.2 Å². The van der Waals surface area contributed by atoms with Crippen LogP contribution in [0, 0.1) is 5.92 Å². The molecular formula is C16H16Cl2N4O. The number of carbonyl (C=O) groups excluding carboxylic acids is 1. The van der Waals surface area contributed by atoms with Crippen LogP contribution in [0.25, 0.3) is 0 Å². The van der Waals surface area contributed by atoms with E-state index in [4.69, 9.17) is 23.2 Å². The third-order valence-corrected chi connectivity index (χ3v) is 4.17. The van der Waals surface area contributed by atoms with E-state index in [0.29, 0.717) is 28.2 Å². The first-order chi connectivity index (χ1) is 11.1. The number of aromatic nitrogens is 2. The predicted octanol–water partition coefficient (Wildman–Crippen LogP) is 3.79. The quantitative estimate of drug-likeness (QED) is 0.831. The molecule has 1 amide bonds. The summed E-state index contributed by atoms with van der Waals surface area (Å²) in [6, 6.07) is 8.99. The molecule has 0 saturated heterocycles. The Kier molecular flexibility index (Phi) is 4.98. The summed E-state index contributed by atoms with van der Waals surface area (Å²) >= 11 is 12.0. The molecule has 0 atom stereocenters. The Morgan fingerprint density at radius 1 is 1.13 bits per heavy atom. The van der Waals surface area contributed by atoms with Crippen LogP contribution in [0.1, 0.15) is 18.4 Å². The van der Waals surface area contributed by atoms with Crippen LogP contribution in [-0.4, -0.2) is 22.6 Å². The molecule has 5 nitrogen and oxygen atoms in total. The normalized spacial score (nSPS) is 13.7. The van der Waals surface area contributed by atoms with Gasteiger partial charge in [0.25, 0.3) is 0 Å². The van der Waals surface area contributed by atoms with Crippen LogP contribution in [0.3, 0.4) is 0 Å². The lowest BCUT2D eigenvalue weighted by Crippen LogP contribution is -2.15. The van der Waals surface area contributed by atoms with Gasteiger partial charge in [0.2, 0.25) is 5.91 Å². The van der Waals surface area contributed by atoms with Gasteiger partial charge in [-0.25, -0.2) is 0 Å². The van der Waals surface area contributed by atoms with E-state index in [-0.39, 0.29) is 11.8 Å². The highest BCUT2D eigenvalue weighted by Crippen LogP contribution is 2.29. The summed E-state index contributed by atoms with van der Waals surface area (Å²) in [5.41, 5.74) is 1.02. The zero-order valence-electron chi connectivity index (χ0n) is 12.4. The lowest BCUT2D eigenvalue weighted by atomic mass is 10.1. The summed E-state index contributed by atoms with van der Waals surface area (Å²) in [4.78, 5) is 11.6. The van der Waals surface area contributed by atoms with E-state index in [1.54, 1.807) is 18.2 Å². The number of hydrogen-bond acceptors (Lipinski definition) is 4. The van der Waals surface area contributed by atoms with Crippen LogP contribution < -0.4 is 10.6 Å². The third-order valence-electron chi connectivity index (χ3n) is 3.58. The number of amides is 1. The van der Waals surface area contributed by atoms with Crippen LogP contribution in [0.4, 0.5) is 11.6 Å². The van der Waals surface area contributed by atoms with Crippen molar-refractivity contribution in [3.05, 3.63) is 45.9 Å². The molecule has 23 heavy (non-hydrogen) atoms. The van der Waals surface area contributed by atoms with E-state index >= 15 is 0 Å². The minimum absolute atomic E-state index is 0.0254. The van der Waals surface area contributed by atoms with Crippen molar-refractivity contribution in [2.75, 3.05) is 17.2 Å². The summed E-state index contributed by atoms with van der Waals surface area (Å²) in [5, 5.41) is 15.3. The summed E-state index contributed by atoms with van der Waals surface area (Å²) in [6.07, 6.45) is 2.68. The average molecular weight is 351 g/mol. The molecule has 7 heteroatoms. The fourth-order valence-electron chi connectivity index (χ4n) is 2.12. The van der Waals surface area contributed by atoms with Gasteiger partial charge in [0.1, 0.15) is 5.82 Å². The van der Waals surface area contributed by atoms with Crippen molar-refractivity contribution in [1.29, 1.82) is 0 Å². The Balaban J connectivity index is 1.49. The molecule has 2 aromatic rings. The van der Waals surface area contributed by atoms with Gasteiger partial charge in [-0.3, -0.25) is 4.79 Å². The second kappa shape index (κ2) is 7.15. The monoisotopic (exact) mass is 350 g/mol. The van der Waals surface area contributed by atoms with Gasteiger partial charge in [0.05, 0.1) is 0 Å². The zero-order chi connectivity index (χ0) is 16.2. The van der Waals surface area contributed by atoms with E-state index < -0.39 is 0 Å². The molecule has 1 heterocycles. The number of nitrogens with one attached hydrogen (secondary N) is 2. The molecule has 1 aromatic heterocycles. The second-order valence-electron chi connectivity index (χ2n) is 5.48. The fourth-order valence-corrected chi connectivity index (χ4v) is 2.62. The topological polar surface area (TPSA) is 66.9 Å². The molecule has 2 N–H and O–H groups in total. The van der Waals surface area contributed by atoms with Crippen molar-refractivity contribution in [1.82, 2.24) is 10.2 Å². The molecule has 1 fully saturated rings. The van der Waals surface area contributed by atoms with Gasteiger partial charge in [-0.15, -0.1) is 10.2 Å². The minimum Gasteiger partial charge on any atom is -0.368 e. The standard InChI is InChI=1S/C16H16Cl2N4O/c17-12-4-3-10(13(18)9-12)7-8-19-14-5-6-15(22-21-14)20-16(23)11-1-2-11/h3-6,9,11H,1-2,7-8H2,(H,19,21)(H,20,22,23). The Labute approximate surface area is 144 Å². The van der Waals surface area contributed by atoms with Crippen LogP contribution in [0.5, 0.6) is 0 Å². The van der Waals surface area contributed by atoms with Crippen molar-refractivity contribution < 1.29 is 4.79 Å².